The second kappa shape index (κ2) is 12.1. The monoisotopic (exact) mass is 582 g/mol. The molecule has 2 unspecified atom stereocenters. The van der Waals surface area contributed by atoms with Crippen LogP contribution in [-0.4, -0.2) is 68.3 Å². The summed E-state index contributed by atoms with van der Waals surface area (Å²) in [6.45, 7) is 6.67. The van der Waals surface area contributed by atoms with Crippen LogP contribution >= 0.6 is 0 Å². The molecule has 2 N–H and O–H groups in total. The SMILES string of the molecule is CCCNC1CCN(C(=O)c2ccc(Nc3cc4c(cn3)N(C)C(C(F)(F)F)c3ccccc3N4C)c(OCC)c2)C1. The number of carbonyl (C=O) groups is 1. The van der Waals surface area contributed by atoms with Gasteiger partial charge in [0.05, 0.1) is 29.9 Å². The molecule has 0 bridgehead atoms. The lowest BCUT2D eigenvalue weighted by molar-refractivity contribution is -0.149. The minimum atomic E-state index is -4.49. The van der Waals surface area contributed by atoms with Crippen LogP contribution in [0.2, 0.25) is 0 Å². The van der Waals surface area contributed by atoms with Gasteiger partial charge in [0, 0.05) is 56.1 Å². The number of ether oxygens (including phenoxy) is 1. The summed E-state index contributed by atoms with van der Waals surface area (Å²) < 4.78 is 48.7. The van der Waals surface area contributed by atoms with Gasteiger partial charge in [-0.15, -0.1) is 0 Å². The number of fused-ring (bicyclic) bond motifs is 2. The standard InChI is InChI=1S/C31H37F3N6O2/c1-5-14-35-21-13-15-40(19-21)30(41)20-11-12-23(27(16-20)42-6-2)37-28-17-25-26(18-36-28)39(4)29(31(32,33)34)22-9-7-8-10-24(22)38(25)3/h7-12,16-18,21,29,35H,5-6,13-15,19H2,1-4H3,(H,36,37). The number of benzene rings is 2. The lowest BCUT2D eigenvalue weighted by Crippen LogP contribution is -2.35. The summed E-state index contributed by atoms with van der Waals surface area (Å²) in [5, 5.41) is 6.74. The van der Waals surface area contributed by atoms with E-state index >= 15 is 0 Å². The normalized spacial score (nSPS) is 18.4. The Hall–Kier alpha value is -3.99. The molecule has 3 aromatic rings. The molecule has 8 nitrogen and oxygen atoms in total. The van der Waals surface area contributed by atoms with Crippen LogP contribution < -0.4 is 25.2 Å². The number of amides is 1. The lowest BCUT2D eigenvalue weighted by Gasteiger charge is -2.31. The molecule has 0 radical (unpaired) electrons. The number of nitrogens with zero attached hydrogens (tertiary/aromatic N) is 4. The first-order valence-electron chi connectivity index (χ1n) is 14.3. The van der Waals surface area contributed by atoms with Crippen molar-refractivity contribution in [3.63, 3.8) is 0 Å². The molecule has 1 aromatic heterocycles. The fourth-order valence-corrected chi connectivity index (χ4v) is 5.76. The van der Waals surface area contributed by atoms with Gasteiger partial charge in [-0.2, -0.15) is 13.2 Å². The molecule has 3 heterocycles. The number of alkyl halides is 3. The Balaban J connectivity index is 1.42. The largest absolute Gasteiger partial charge is 0.492 e. The van der Waals surface area contributed by atoms with E-state index in [2.05, 4.69) is 22.5 Å². The van der Waals surface area contributed by atoms with Gasteiger partial charge in [-0.3, -0.25) is 4.79 Å². The summed E-state index contributed by atoms with van der Waals surface area (Å²) in [4.78, 5) is 22.6. The van der Waals surface area contributed by atoms with Crippen molar-refractivity contribution in [2.45, 2.75) is 44.9 Å². The Bertz CT molecular complexity index is 1430. The fourth-order valence-electron chi connectivity index (χ4n) is 5.76. The van der Waals surface area contributed by atoms with Crippen molar-refractivity contribution in [3.8, 4) is 5.75 Å². The lowest BCUT2D eigenvalue weighted by atomic mass is 10.0. The molecule has 2 atom stereocenters. The third kappa shape index (κ3) is 5.83. The molecule has 0 spiro atoms. The van der Waals surface area contributed by atoms with Gasteiger partial charge in [0.15, 0.2) is 6.04 Å². The molecule has 1 amide bonds. The number of halogens is 3. The Kier molecular flexibility index (Phi) is 8.49. The summed E-state index contributed by atoms with van der Waals surface area (Å²) in [6.07, 6.45) is -1.07. The van der Waals surface area contributed by atoms with Crippen LogP contribution in [-0.2, 0) is 0 Å². The van der Waals surface area contributed by atoms with Crippen molar-refractivity contribution in [1.29, 1.82) is 0 Å². The highest BCUT2D eigenvalue weighted by Gasteiger charge is 2.47. The zero-order valence-corrected chi connectivity index (χ0v) is 24.3. The summed E-state index contributed by atoms with van der Waals surface area (Å²) in [6, 6.07) is 12.0. The molecular formula is C31H37F3N6O2. The molecule has 0 saturated carbocycles. The van der Waals surface area contributed by atoms with Gasteiger partial charge in [-0.05, 0) is 50.6 Å². The van der Waals surface area contributed by atoms with Gasteiger partial charge in [-0.1, -0.05) is 25.1 Å². The minimum Gasteiger partial charge on any atom is -0.492 e. The van der Waals surface area contributed by atoms with Crippen LogP contribution in [0.3, 0.4) is 0 Å². The summed E-state index contributed by atoms with van der Waals surface area (Å²) >= 11 is 0. The first-order valence-corrected chi connectivity index (χ1v) is 14.3. The number of rotatable bonds is 8. The van der Waals surface area contributed by atoms with Crippen LogP contribution in [0.1, 0.15) is 48.7 Å². The van der Waals surface area contributed by atoms with Crippen molar-refractivity contribution in [1.82, 2.24) is 15.2 Å². The highest BCUT2D eigenvalue weighted by atomic mass is 19.4. The Labute approximate surface area is 244 Å². The van der Waals surface area contributed by atoms with Gasteiger partial charge in [0.25, 0.3) is 5.91 Å². The van der Waals surface area contributed by atoms with E-state index in [-0.39, 0.29) is 11.5 Å². The van der Waals surface area contributed by atoms with E-state index in [1.807, 2.05) is 11.8 Å². The van der Waals surface area contributed by atoms with Crippen molar-refractivity contribution >= 4 is 34.5 Å². The van der Waals surface area contributed by atoms with E-state index in [1.165, 1.54) is 24.2 Å². The summed E-state index contributed by atoms with van der Waals surface area (Å²) in [5.74, 6) is 0.878. The van der Waals surface area contributed by atoms with Crippen LogP contribution in [0.15, 0.2) is 54.7 Å². The van der Waals surface area contributed by atoms with Crippen LogP contribution in [0.25, 0.3) is 0 Å². The molecule has 0 aliphatic carbocycles. The third-order valence-corrected chi connectivity index (χ3v) is 7.84. The number of hydrogen-bond donors (Lipinski definition) is 2. The van der Waals surface area contributed by atoms with Crippen molar-refractivity contribution in [2.24, 2.45) is 0 Å². The van der Waals surface area contributed by atoms with Gasteiger partial charge in [-0.25, -0.2) is 4.98 Å². The number of carbonyl (C=O) groups excluding carboxylic acids is 1. The average molecular weight is 583 g/mol. The summed E-state index contributed by atoms with van der Waals surface area (Å²) in [5.41, 5.74) is 2.69. The number of para-hydroxylation sites is 1. The van der Waals surface area contributed by atoms with Crippen LogP contribution in [0, 0.1) is 0 Å². The Morgan fingerprint density at radius 3 is 2.60 bits per heavy atom. The van der Waals surface area contributed by atoms with Gasteiger partial charge < -0.3 is 30.1 Å². The number of likely N-dealkylation sites (tertiary alicyclic amines) is 1. The van der Waals surface area contributed by atoms with E-state index in [4.69, 9.17) is 4.74 Å². The maximum Gasteiger partial charge on any atom is 0.413 e. The number of pyridine rings is 1. The van der Waals surface area contributed by atoms with Crippen molar-refractivity contribution in [3.05, 3.63) is 65.9 Å². The minimum absolute atomic E-state index is 0.0472. The first-order chi connectivity index (χ1) is 20.1. The quantitative estimate of drug-likeness (QED) is 0.325. The van der Waals surface area contributed by atoms with E-state index in [9.17, 15) is 18.0 Å². The second-order valence-corrected chi connectivity index (χ2v) is 10.7. The molecule has 2 aliphatic heterocycles. The molecule has 42 heavy (non-hydrogen) atoms. The highest BCUT2D eigenvalue weighted by Crippen LogP contribution is 2.49. The molecule has 2 aromatic carbocycles. The Morgan fingerprint density at radius 2 is 1.86 bits per heavy atom. The van der Waals surface area contributed by atoms with Gasteiger partial charge in [0.2, 0.25) is 0 Å². The highest BCUT2D eigenvalue weighted by molar-refractivity contribution is 5.96. The molecule has 11 heteroatoms. The number of aromatic nitrogens is 1. The van der Waals surface area contributed by atoms with E-state index < -0.39 is 12.2 Å². The van der Waals surface area contributed by atoms with Crippen LogP contribution in [0.5, 0.6) is 5.75 Å². The zero-order chi connectivity index (χ0) is 30.0. The maximum atomic E-state index is 14.3. The van der Waals surface area contributed by atoms with Crippen molar-refractivity contribution in [2.75, 3.05) is 55.5 Å². The molecule has 2 aliphatic rings. The smallest absolute Gasteiger partial charge is 0.413 e. The number of anilines is 5. The Morgan fingerprint density at radius 1 is 1.07 bits per heavy atom. The maximum absolute atomic E-state index is 14.3. The third-order valence-electron chi connectivity index (χ3n) is 7.84. The topological polar surface area (TPSA) is 73.0 Å². The molecule has 1 saturated heterocycles. The van der Waals surface area contributed by atoms with E-state index in [0.717, 1.165) is 19.4 Å². The summed E-state index contributed by atoms with van der Waals surface area (Å²) in [7, 11) is 3.19. The first kappa shape index (κ1) is 29.5. The second-order valence-electron chi connectivity index (χ2n) is 10.7. The fraction of sp³-hybridized carbons (Fsp3) is 0.419. The molecular weight excluding hydrogens is 545 g/mol. The van der Waals surface area contributed by atoms with E-state index in [1.54, 1.807) is 54.4 Å². The number of hydrogen-bond acceptors (Lipinski definition) is 7. The van der Waals surface area contributed by atoms with E-state index in [0.29, 0.717) is 65.6 Å². The molecule has 1 fully saturated rings. The zero-order valence-electron chi connectivity index (χ0n) is 24.3. The molecule has 5 rings (SSSR count). The molecule has 224 valence electrons. The van der Waals surface area contributed by atoms with Gasteiger partial charge in [0.1, 0.15) is 11.6 Å². The van der Waals surface area contributed by atoms with Crippen molar-refractivity contribution < 1.29 is 22.7 Å². The predicted molar refractivity (Wildman–Crippen MR) is 159 cm³/mol. The average Bonchev–Trinajstić information content (AvgIpc) is 3.41. The predicted octanol–water partition coefficient (Wildman–Crippen LogP) is 6.26. The number of nitrogens with one attached hydrogen (secondary N) is 2. The van der Waals surface area contributed by atoms with Gasteiger partial charge >= 0.3 is 6.18 Å². The van der Waals surface area contributed by atoms with Crippen LogP contribution in [0.4, 0.5) is 41.7 Å².